The molecule has 1 N–H and O–H groups in total. The zero-order valence-electron chi connectivity index (χ0n) is 21.2. The van der Waals surface area contributed by atoms with Crippen molar-refractivity contribution in [3.8, 4) is 0 Å². The fourth-order valence-electron chi connectivity index (χ4n) is 7.14. The van der Waals surface area contributed by atoms with Gasteiger partial charge in [0.05, 0.1) is 17.6 Å². The molecule has 194 valence electrons. The molecule has 0 spiro atoms. The fraction of sp³-hybridized carbons (Fsp3) is 0.630. The summed E-state index contributed by atoms with van der Waals surface area (Å²) in [7, 11) is 1.48. The molecule has 3 aliphatic carbocycles. The highest BCUT2D eigenvalue weighted by Crippen LogP contribution is 2.62. The number of ketones is 2. The van der Waals surface area contributed by atoms with E-state index in [0.29, 0.717) is 24.0 Å². The number of likely N-dealkylation sites (tertiary alicyclic amines) is 1. The van der Waals surface area contributed by atoms with E-state index in [0.717, 1.165) is 25.9 Å². The van der Waals surface area contributed by atoms with Gasteiger partial charge in [-0.05, 0) is 31.8 Å². The van der Waals surface area contributed by atoms with Crippen LogP contribution in [0.2, 0.25) is 0 Å². The van der Waals surface area contributed by atoms with E-state index in [2.05, 4.69) is 0 Å². The third kappa shape index (κ3) is 3.38. The molecule has 0 amide bonds. The summed E-state index contributed by atoms with van der Waals surface area (Å²) in [6.45, 7) is 6.43. The van der Waals surface area contributed by atoms with Crippen LogP contribution in [-0.2, 0) is 33.4 Å². The standard InChI is InChI=1S/C27H33NO8/c1-14(29)35-17-11-26(2)16(7-8-18(26)30)20-22(17)27(3)19(13-34-4)36-25(33)15(12-28-9-5-6-10-28)21(27)24(32)23(20)31/h12,16-17,19,32H,5-11,13H2,1-4H3/b15-12-/t16?,17?,19?,26-,27-/m0/s1. The van der Waals surface area contributed by atoms with Gasteiger partial charge in [0.2, 0.25) is 5.78 Å². The Morgan fingerprint density at radius 3 is 2.56 bits per heavy atom. The Labute approximate surface area is 210 Å². The number of methoxy groups -OCH3 is 1. The molecule has 0 aromatic carbocycles. The van der Waals surface area contributed by atoms with Gasteiger partial charge in [-0.1, -0.05) is 6.92 Å². The summed E-state index contributed by atoms with van der Waals surface area (Å²) < 4.78 is 17.1. The zero-order chi connectivity index (χ0) is 26.0. The molecule has 2 aliphatic heterocycles. The molecule has 5 rings (SSSR count). The van der Waals surface area contributed by atoms with Gasteiger partial charge in [0.25, 0.3) is 0 Å². The number of hydrogen-bond acceptors (Lipinski definition) is 9. The maximum absolute atomic E-state index is 13.9. The van der Waals surface area contributed by atoms with Crippen LogP contribution in [0.1, 0.15) is 52.9 Å². The van der Waals surface area contributed by atoms with Crippen molar-refractivity contribution < 1.29 is 38.5 Å². The summed E-state index contributed by atoms with van der Waals surface area (Å²) in [5, 5.41) is 11.5. The van der Waals surface area contributed by atoms with Crippen LogP contribution in [0.15, 0.2) is 34.3 Å². The first-order chi connectivity index (χ1) is 17.0. The van der Waals surface area contributed by atoms with Crippen molar-refractivity contribution in [3.05, 3.63) is 34.3 Å². The van der Waals surface area contributed by atoms with Crippen LogP contribution in [0.25, 0.3) is 0 Å². The van der Waals surface area contributed by atoms with Crippen LogP contribution < -0.4 is 0 Å². The van der Waals surface area contributed by atoms with Gasteiger partial charge in [0, 0.05) is 68.6 Å². The number of carbonyl (C=O) groups is 4. The molecule has 0 radical (unpaired) electrons. The van der Waals surface area contributed by atoms with Crippen LogP contribution in [0, 0.1) is 16.7 Å². The van der Waals surface area contributed by atoms with Crippen molar-refractivity contribution in [1.29, 1.82) is 0 Å². The van der Waals surface area contributed by atoms with Gasteiger partial charge in [0.1, 0.15) is 18.0 Å². The van der Waals surface area contributed by atoms with Crippen molar-refractivity contribution in [1.82, 2.24) is 4.90 Å². The Morgan fingerprint density at radius 1 is 1.22 bits per heavy atom. The first-order valence-corrected chi connectivity index (χ1v) is 12.6. The highest BCUT2D eigenvalue weighted by molar-refractivity contribution is 6.14. The number of aliphatic hydroxyl groups excluding tert-OH is 1. The summed E-state index contributed by atoms with van der Waals surface area (Å²) in [4.78, 5) is 54.3. The van der Waals surface area contributed by atoms with E-state index in [-0.39, 0.29) is 30.0 Å². The number of fused-ring (bicyclic) bond motifs is 4. The van der Waals surface area contributed by atoms with E-state index in [1.165, 1.54) is 14.0 Å². The van der Waals surface area contributed by atoms with Gasteiger partial charge >= 0.3 is 11.9 Å². The van der Waals surface area contributed by atoms with Crippen LogP contribution >= 0.6 is 0 Å². The van der Waals surface area contributed by atoms with E-state index in [1.807, 2.05) is 18.7 Å². The second-order valence-corrected chi connectivity index (χ2v) is 11.0. The van der Waals surface area contributed by atoms with E-state index in [9.17, 15) is 24.3 Å². The summed E-state index contributed by atoms with van der Waals surface area (Å²) >= 11 is 0. The van der Waals surface area contributed by atoms with Crippen molar-refractivity contribution >= 4 is 23.5 Å². The quantitative estimate of drug-likeness (QED) is 0.460. The molecule has 9 nitrogen and oxygen atoms in total. The van der Waals surface area contributed by atoms with Crippen molar-refractivity contribution in [2.75, 3.05) is 26.8 Å². The molecule has 9 heteroatoms. The van der Waals surface area contributed by atoms with Gasteiger partial charge in [-0.2, -0.15) is 0 Å². The molecule has 5 aliphatic rings. The lowest BCUT2D eigenvalue weighted by molar-refractivity contribution is -0.160. The Morgan fingerprint density at radius 2 is 1.92 bits per heavy atom. The number of hydrogen-bond donors (Lipinski definition) is 1. The number of carbonyl (C=O) groups excluding carboxylic acids is 4. The topological polar surface area (TPSA) is 119 Å². The number of allylic oxidation sites excluding steroid dienone is 1. The molecule has 3 unspecified atom stereocenters. The second-order valence-electron chi connectivity index (χ2n) is 11.0. The average molecular weight is 500 g/mol. The SMILES string of the molecule is COCC1OC(=O)/C(=C\N2CCCC2)C2=C(O)C(=O)C3=C(C(OC(C)=O)C[C@]4(C)C(=O)CCC34)[C@]21C. The first kappa shape index (κ1) is 24.7. The predicted octanol–water partition coefficient (Wildman–Crippen LogP) is 2.56. The molecule has 1 saturated carbocycles. The Hall–Kier alpha value is -2.94. The highest BCUT2D eigenvalue weighted by Gasteiger charge is 2.64. The molecule has 2 heterocycles. The molecule has 0 aromatic heterocycles. The zero-order valence-corrected chi connectivity index (χ0v) is 21.2. The minimum atomic E-state index is -1.20. The summed E-state index contributed by atoms with van der Waals surface area (Å²) in [6.07, 6.45) is 2.87. The Balaban J connectivity index is 1.77. The maximum atomic E-state index is 13.9. The van der Waals surface area contributed by atoms with E-state index < -0.39 is 52.4 Å². The lowest BCUT2D eigenvalue weighted by Crippen LogP contribution is -2.57. The van der Waals surface area contributed by atoms with Crippen LogP contribution in [0.5, 0.6) is 0 Å². The second kappa shape index (κ2) is 8.57. The van der Waals surface area contributed by atoms with Crippen LogP contribution in [0.3, 0.4) is 0 Å². The van der Waals surface area contributed by atoms with Gasteiger partial charge < -0.3 is 24.2 Å². The summed E-state index contributed by atoms with van der Waals surface area (Å²) in [6, 6.07) is 0. The minimum absolute atomic E-state index is 0.00857. The summed E-state index contributed by atoms with van der Waals surface area (Å²) in [5.74, 6) is -2.71. The first-order valence-electron chi connectivity index (χ1n) is 12.6. The lowest BCUT2D eigenvalue weighted by atomic mass is 9.53. The Bertz CT molecular complexity index is 1140. The van der Waals surface area contributed by atoms with E-state index in [4.69, 9.17) is 14.2 Å². The van der Waals surface area contributed by atoms with Crippen molar-refractivity contribution in [2.24, 2.45) is 16.7 Å². The fourth-order valence-corrected chi connectivity index (χ4v) is 7.14. The number of ether oxygens (including phenoxy) is 3. The molecule has 0 bridgehead atoms. The number of cyclic esters (lactones) is 1. The molecule has 36 heavy (non-hydrogen) atoms. The van der Waals surface area contributed by atoms with Crippen molar-refractivity contribution in [2.45, 2.75) is 65.1 Å². The summed E-state index contributed by atoms with van der Waals surface area (Å²) in [5.41, 5.74) is -0.962. The van der Waals surface area contributed by atoms with E-state index >= 15 is 0 Å². The van der Waals surface area contributed by atoms with Gasteiger partial charge in [-0.15, -0.1) is 0 Å². The van der Waals surface area contributed by atoms with Gasteiger partial charge in [-0.25, -0.2) is 4.79 Å². The number of aliphatic hydroxyl groups is 1. The van der Waals surface area contributed by atoms with Crippen molar-refractivity contribution in [3.63, 3.8) is 0 Å². The van der Waals surface area contributed by atoms with Crippen LogP contribution in [-0.4, -0.2) is 72.5 Å². The number of Topliss-reactive ketones (excluding diaryl/α,β-unsaturated/α-hetero) is 2. The average Bonchev–Trinajstić information content (AvgIpc) is 3.42. The van der Waals surface area contributed by atoms with Gasteiger partial charge in [0.15, 0.2) is 5.76 Å². The minimum Gasteiger partial charge on any atom is -0.504 e. The predicted molar refractivity (Wildman–Crippen MR) is 126 cm³/mol. The van der Waals surface area contributed by atoms with E-state index in [1.54, 1.807) is 6.20 Å². The molecule has 3 fully saturated rings. The normalized spacial score (nSPS) is 37.2. The maximum Gasteiger partial charge on any atom is 0.340 e. The smallest absolute Gasteiger partial charge is 0.340 e. The third-order valence-corrected chi connectivity index (χ3v) is 8.87. The third-order valence-electron chi connectivity index (χ3n) is 8.87. The lowest BCUT2D eigenvalue weighted by Gasteiger charge is -2.53. The highest BCUT2D eigenvalue weighted by atomic mass is 16.6. The largest absolute Gasteiger partial charge is 0.504 e. The number of nitrogens with zero attached hydrogens (tertiary/aromatic N) is 1. The Kier molecular flexibility index (Phi) is 5.89. The number of esters is 2. The monoisotopic (exact) mass is 499 g/mol. The molecular weight excluding hydrogens is 466 g/mol. The molecule has 2 saturated heterocycles. The van der Waals surface area contributed by atoms with Gasteiger partial charge in [-0.3, -0.25) is 14.4 Å². The molecule has 0 aromatic rings. The van der Waals surface area contributed by atoms with Crippen LogP contribution in [0.4, 0.5) is 0 Å². The molecular formula is C27H33NO8. The number of rotatable bonds is 4. The molecule has 5 atom stereocenters.